The zero-order valence-corrected chi connectivity index (χ0v) is 9.20. The van der Waals surface area contributed by atoms with Gasteiger partial charge >= 0.3 is 12.1 Å². The van der Waals surface area contributed by atoms with E-state index in [1.54, 1.807) is 15.7 Å². The van der Waals surface area contributed by atoms with Gasteiger partial charge in [-0.05, 0) is 0 Å². The second-order valence-electron chi connectivity index (χ2n) is 3.98. The molecule has 2 aliphatic rings. The minimum atomic E-state index is -0.396. The molecule has 3 rings (SSSR count). The number of carbonyl (C=O) groups is 1. The van der Waals surface area contributed by atoms with Crippen molar-refractivity contribution in [1.82, 2.24) is 14.5 Å². The van der Waals surface area contributed by atoms with Crippen LogP contribution in [0.1, 0.15) is 12.6 Å². The van der Waals surface area contributed by atoms with Gasteiger partial charge in [-0.1, -0.05) is 0 Å². The highest BCUT2D eigenvalue weighted by Gasteiger charge is 2.46. The Bertz CT molecular complexity index is 527. The fourth-order valence-electron chi connectivity index (χ4n) is 2.34. The van der Waals surface area contributed by atoms with E-state index in [4.69, 9.17) is 9.47 Å². The molecular weight excluding hydrogens is 226 g/mol. The number of nitrogens with zero attached hydrogens (tertiary/aromatic N) is 3. The maximum Gasteiger partial charge on any atom is 0.411 e. The fourth-order valence-corrected chi connectivity index (χ4v) is 2.34. The molecule has 1 saturated heterocycles. The molecule has 3 heterocycles. The zero-order chi connectivity index (χ0) is 12.0. The molecule has 2 atom stereocenters. The Balaban J connectivity index is 2.01. The summed E-state index contributed by atoms with van der Waals surface area (Å²) in [7, 11) is 1.34. The Labute approximate surface area is 96.6 Å². The molecule has 0 bridgehead atoms. The molecule has 2 aliphatic heterocycles. The molecule has 0 aliphatic carbocycles. The summed E-state index contributed by atoms with van der Waals surface area (Å²) in [6.07, 6.45) is 1.50. The lowest BCUT2D eigenvalue weighted by molar-refractivity contribution is 0.0958. The van der Waals surface area contributed by atoms with Crippen LogP contribution in [0.2, 0.25) is 0 Å². The number of aromatic nitrogens is 2. The number of rotatable bonds is 0. The molecule has 0 radical (unpaired) electrons. The van der Waals surface area contributed by atoms with Gasteiger partial charge < -0.3 is 9.47 Å². The average molecular weight is 237 g/mol. The van der Waals surface area contributed by atoms with Crippen molar-refractivity contribution >= 4 is 6.09 Å². The lowest BCUT2D eigenvalue weighted by Gasteiger charge is -2.22. The Morgan fingerprint density at radius 2 is 2.47 bits per heavy atom. The highest BCUT2D eigenvalue weighted by molar-refractivity contribution is 5.68. The first-order chi connectivity index (χ1) is 8.20. The van der Waals surface area contributed by atoms with Crippen molar-refractivity contribution < 1.29 is 14.3 Å². The molecule has 0 unspecified atom stereocenters. The van der Waals surface area contributed by atoms with Gasteiger partial charge in [0.15, 0.2) is 6.17 Å². The topological polar surface area (TPSA) is 73.7 Å². The maximum atomic E-state index is 11.6. The molecule has 0 aromatic carbocycles. The average Bonchev–Trinajstić information content (AvgIpc) is 2.85. The van der Waals surface area contributed by atoms with Crippen LogP contribution in [-0.2, 0) is 4.74 Å². The second-order valence-corrected chi connectivity index (χ2v) is 3.98. The summed E-state index contributed by atoms with van der Waals surface area (Å²) in [5.41, 5.74) is -0.346. The molecule has 0 saturated carbocycles. The minimum Gasteiger partial charge on any atom is -0.457 e. The monoisotopic (exact) mass is 237 g/mol. The second kappa shape index (κ2) is 3.47. The number of carbonyl (C=O) groups excluding carboxylic acids is 1. The van der Waals surface area contributed by atoms with Crippen LogP contribution in [0.25, 0.3) is 0 Å². The highest BCUT2D eigenvalue weighted by Crippen LogP contribution is 2.37. The molecule has 1 amide bonds. The van der Waals surface area contributed by atoms with Crippen LogP contribution in [0.4, 0.5) is 4.79 Å². The number of hydrogen-bond acceptors (Lipinski definition) is 5. The van der Waals surface area contributed by atoms with Crippen molar-refractivity contribution in [2.75, 3.05) is 13.7 Å². The molecule has 0 spiro atoms. The lowest BCUT2D eigenvalue weighted by atomic mass is 10.3. The number of methoxy groups -OCH3 is 1. The predicted octanol–water partition coefficient (Wildman–Crippen LogP) is -0.0250. The van der Waals surface area contributed by atoms with Crippen molar-refractivity contribution in [2.24, 2.45) is 0 Å². The van der Waals surface area contributed by atoms with Gasteiger partial charge in [0, 0.05) is 25.2 Å². The Morgan fingerprint density at radius 1 is 1.65 bits per heavy atom. The Hall–Kier alpha value is -2.05. The third kappa shape index (κ3) is 1.38. The van der Waals surface area contributed by atoms with Crippen LogP contribution in [-0.4, -0.2) is 40.3 Å². The quantitative estimate of drug-likeness (QED) is 0.633. The van der Waals surface area contributed by atoms with Crippen LogP contribution < -0.4 is 10.3 Å². The van der Waals surface area contributed by atoms with Gasteiger partial charge in [-0.2, -0.15) is 4.98 Å². The van der Waals surface area contributed by atoms with Crippen LogP contribution in [0.15, 0.2) is 17.1 Å². The standard InChI is InChI=1S/C10H11N3O4/c1-16-10(15)13-4-2-6-8(13)12-5-3-7(14)11-9(12)17-6/h3,5-6,8H,2,4H2,1H3/t6-,8+/m0/s1. The van der Waals surface area contributed by atoms with Crippen molar-refractivity contribution in [3.63, 3.8) is 0 Å². The van der Waals surface area contributed by atoms with E-state index in [-0.39, 0.29) is 23.8 Å². The SMILES string of the molecule is COC(=O)N1CC[C@@H]2Oc3nc(=O)ccn3[C@@H]21. The lowest BCUT2D eigenvalue weighted by Crippen LogP contribution is -2.34. The van der Waals surface area contributed by atoms with Crippen LogP contribution in [0, 0.1) is 0 Å². The van der Waals surface area contributed by atoms with E-state index in [1.165, 1.54) is 13.2 Å². The normalized spacial score (nSPS) is 25.1. The zero-order valence-electron chi connectivity index (χ0n) is 9.20. The first-order valence-corrected chi connectivity index (χ1v) is 5.31. The van der Waals surface area contributed by atoms with Crippen molar-refractivity contribution in [3.05, 3.63) is 22.6 Å². The molecule has 7 nitrogen and oxygen atoms in total. The summed E-state index contributed by atoms with van der Waals surface area (Å²) in [6, 6.07) is 1.62. The van der Waals surface area contributed by atoms with E-state index in [2.05, 4.69) is 4.98 Å². The summed E-state index contributed by atoms with van der Waals surface area (Å²) < 4.78 is 11.9. The smallest absolute Gasteiger partial charge is 0.411 e. The molecule has 1 aromatic heterocycles. The van der Waals surface area contributed by atoms with Gasteiger partial charge in [-0.15, -0.1) is 0 Å². The van der Waals surface area contributed by atoms with E-state index >= 15 is 0 Å². The third-order valence-electron chi connectivity index (χ3n) is 3.06. The molecule has 0 N–H and O–H groups in total. The first-order valence-electron chi connectivity index (χ1n) is 5.31. The van der Waals surface area contributed by atoms with Crippen LogP contribution in [0.5, 0.6) is 6.01 Å². The van der Waals surface area contributed by atoms with Crippen LogP contribution >= 0.6 is 0 Å². The molecule has 90 valence electrons. The van der Waals surface area contributed by atoms with Crippen molar-refractivity contribution in [3.8, 4) is 6.01 Å². The summed E-state index contributed by atoms with van der Waals surface area (Å²) in [6.45, 7) is 0.577. The fraction of sp³-hybridized carbons (Fsp3) is 0.500. The van der Waals surface area contributed by atoms with E-state index in [0.29, 0.717) is 13.0 Å². The van der Waals surface area contributed by atoms with Crippen molar-refractivity contribution in [2.45, 2.75) is 18.7 Å². The summed E-state index contributed by atoms with van der Waals surface area (Å²) in [5.74, 6) is 0. The molecule has 1 fully saturated rings. The van der Waals surface area contributed by atoms with E-state index in [0.717, 1.165) is 0 Å². The summed E-state index contributed by atoms with van der Waals surface area (Å²) in [5, 5.41) is 0. The van der Waals surface area contributed by atoms with Gasteiger partial charge in [-0.3, -0.25) is 14.3 Å². The minimum absolute atomic E-state index is 0.150. The molecular formula is C10H11N3O4. The number of hydrogen-bond donors (Lipinski definition) is 0. The number of likely N-dealkylation sites (tertiary alicyclic amines) is 1. The van der Waals surface area contributed by atoms with Gasteiger partial charge in [0.05, 0.1) is 7.11 Å². The number of ether oxygens (including phenoxy) is 2. The van der Waals surface area contributed by atoms with Crippen molar-refractivity contribution in [1.29, 1.82) is 0 Å². The van der Waals surface area contributed by atoms with Gasteiger partial charge in [0.25, 0.3) is 5.56 Å². The molecule has 1 aromatic rings. The predicted molar refractivity (Wildman–Crippen MR) is 55.7 cm³/mol. The summed E-state index contributed by atoms with van der Waals surface area (Å²) in [4.78, 5) is 28.0. The van der Waals surface area contributed by atoms with E-state index < -0.39 is 6.09 Å². The Kier molecular flexibility index (Phi) is 2.07. The molecule has 17 heavy (non-hydrogen) atoms. The Morgan fingerprint density at radius 3 is 3.24 bits per heavy atom. The number of fused-ring (bicyclic) bond motifs is 3. The van der Waals surface area contributed by atoms with Gasteiger partial charge in [0.2, 0.25) is 0 Å². The van der Waals surface area contributed by atoms with Gasteiger partial charge in [0.1, 0.15) is 6.10 Å². The highest BCUT2D eigenvalue weighted by atomic mass is 16.6. The van der Waals surface area contributed by atoms with E-state index in [9.17, 15) is 9.59 Å². The number of amides is 1. The first kappa shape index (κ1) is 10.1. The summed E-state index contributed by atoms with van der Waals surface area (Å²) >= 11 is 0. The van der Waals surface area contributed by atoms with Gasteiger partial charge in [-0.25, -0.2) is 4.79 Å². The van der Waals surface area contributed by atoms with E-state index in [1.807, 2.05) is 0 Å². The third-order valence-corrected chi connectivity index (χ3v) is 3.06. The maximum absolute atomic E-state index is 11.6. The molecule has 7 heteroatoms. The largest absolute Gasteiger partial charge is 0.457 e. The van der Waals surface area contributed by atoms with Crippen LogP contribution in [0.3, 0.4) is 0 Å².